The van der Waals surface area contributed by atoms with Gasteiger partial charge in [0.25, 0.3) is 0 Å². The van der Waals surface area contributed by atoms with E-state index in [4.69, 9.17) is 5.26 Å². The summed E-state index contributed by atoms with van der Waals surface area (Å²) in [5, 5.41) is 41.3. The van der Waals surface area contributed by atoms with Gasteiger partial charge in [-0.15, -0.1) is 0 Å². The van der Waals surface area contributed by atoms with Crippen LogP contribution >= 0.6 is 0 Å². The first kappa shape index (κ1) is 71.7. The van der Waals surface area contributed by atoms with E-state index >= 15 is 0 Å². The zero-order chi connectivity index (χ0) is 65.3. The van der Waals surface area contributed by atoms with E-state index in [2.05, 4.69) is 224 Å². The predicted molar refractivity (Wildman–Crippen MR) is 373 cm³/mol. The molecule has 91 heavy (non-hydrogen) atoms. The van der Waals surface area contributed by atoms with Gasteiger partial charge in [-0.05, 0) is 165 Å². The third-order valence-corrected chi connectivity index (χ3v) is 15.4. The molecule has 0 fully saturated rings. The first-order valence-corrected chi connectivity index (χ1v) is 32.7. The number of aromatic amines is 4. The van der Waals surface area contributed by atoms with Gasteiger partial charge in [0.15, 0.2) is 0 Å². The molecule has 0 aliphatic carbocycles. The average Bonchev–Trinajstić information content (AvgIpc) is 2.00. The Morgan fingerprint density at radius 1 is 0.451 bits per heavy atom. The fraction of sp³-hybridized carbons (Fsp3) is 0.458. The largest absolute Gasteiger partial charge is 0.366 e. The molecule has 0 spiro atoms. The monoisotopic (exact) mass is 1230 g/mol. The Balaban J connectivity index is 0.000000194. The molecule has 5 N–H and O–H groups in total. The number of hydrogen-bond acceptors (Lipinski definition) is 15. The molecule has 19 heteroatoms. The van der Waals surface area contributed by atoms with Crippen LogP contribution in [0, 0.1) is 23.2 Å². The van der Waals surface area contributed by atoms with Crippen LogP contribution in [0.25, 0.3) is 45.0 Å². The number of unbranched alkanes of at least 4 members (excludes halogenated alkanes) is 1. The maximum atomic E-state index is 8.75. The molecular formula is C72H103N19. The zero-order valence-corrected chi connectivity index (χ0v) is 56.8. The van der Waals surface area contributed by atoms with Gasteiger partial charge in [-0.25, -0.2) is 15.0 Å². The lowest BCUT2D eigenvalue weighted by molar-refractivity contribution is 0.321. The van der Waals surface area contributed by atoms with E-state index in [1.165, 1.54) is 53.6 Å². The molecule has 8 aromatic heterocycles. The van der Waals surface area contributed by atoms with Gasteiger partial charge in [-0.2, -0.15) is 25.7 Å². The highest BCUT2D eigenvalue weighted by Gasteiger charge is 2.16. The summed E-state index contributed by atoms with van der Waals surface area (Å²) >= 11 is 0. The van der Waals surface area contributed by atoms with Gasteiger partial charge in [0.1, 0.15) is 23.4 Å². The topological polar surface area (TPSA) is 218 Å². The molecule has 1 aromatic carbocycles. The van der Waals surface area contributed by atoms with Crippen LogP contribution in [0.5, 0.6) is 0 Å². The summed E-state index contributed by atoms with van der Waals surface area (Å²) in [5.41, 5.74) is 16.0. The van der Waals surface area contributed by atoms with Crippen molar-refractivity contribution in [2.75, 3.05) is 78.2 Å². The SMILES string of the molecule is CCCCN(C)Cc1cn[nH]c1-c1ccc(N(C)CCC(C)C)nc1.CCCN(C)Cc1cn[nH]c1-c1ccc(C#N)nc1.CCCN(C)Cc1cn[nH]c1-c1ccc(CCC(C)C)nc1.CCCN(C)Cc1cn[nH]c1-c1ccc(NCc2ccccc2)nc1. The molecule has 0 bridgehead atoms. The number of nitriles is 1. The van der Waals surface area contributed by atoms with E-state index in [1.54, 1.807) is 12.3 Å². The molecule has 0 radical (unpaired) electrons. The first-order chi connectivity index (χ1) is 44.1. The standard InChI is InChI=1S/C20H25N5.C20H33N5.C18H28N4.C14H17N5/c1-3-11-25(2)15-18-14-23-24-20(18)17-9-10-19(22-13-17)21-12-16-7-5-4-6-8-16;1-6-7-11-24(4)15-18-14-22-23-20(18)17-8-9-19(21-13-17)25(5)12-10-16(2)3;1-5-10-22(4)13-16-12-20-21-18(16)15-7-9-17(19-11-15)8-6-14(2)3;1-3-6-19(2)10-12-9-17-18-14(12)11-4-5-13(7-15)16-8-11/h4-10,13-14H,3,11-12,15H2,1-2H3,(H,21,22)(H,23,24);8-9,13-14,16H,6-7,10-12,15H2,1-5H3,(H,22,23);7,9,11-12,14H,5-6,8,10,13H2,1-4H3,(H,20,21);4-5,8-9H,3,6,10H2,1-2H3,(H,17,18). The number of pyridine rings is 4. The number of H-pyrrole nitrogens is 4. The minimum atomic E-state index is 0.424. The van der Waals surface area contributed by atoms with Crippen molar-refractivity contribution in [1.82, 2.24) is 80.3 Å². The van der Waals surface area contributed by atoms with Crippen molar-refractivity contribution in [3.8, 4) is 51.1 Å². The summed E-state index contributed by atoms with van der Waals surface area (Å²) in [7, 11) is 10.6. The second kappa shape index (κ2) is 39.0. The second-order valence-electron chi connectivity index (χ2n) is 24.7. The molecule has 0 saturated heterocycles. The van der Waals surface area contributed by atoms with Gasteiger partial charge in [-0.3, -0.25) is 25.4 Å². The third-order valence-electron chi connectivity index (χ3n) is 15.4. The van der Waals surface area contributed by atoms with Crippen molar-refractivity contribution >= 4 is 11.6 Å². The van der Waals surface area contributed by atoms with Crippen molar-refractivity contribution in [2.24, 2.45) is 11.8 Å². The number of hydrogen-bond donors (Lipinski definition) is 5. The van der Waals surface area contributed by atoms with Crippen LogP contribution in [-0.2, 0) is 39.1 Å². The normalized spacial score (nSPS) is 11.2. The van der Waals surface area contributed by atoms with Crippen molar-refractivity contribution in [3.05, 3.63) is 168 Å². The van der Waals surface area contributed by atoms with Crippen LogP contribution in [0.15, 0.2) is 128 Å². The van der Waals surface area contributed by atoms with Crippen molar-refractivity contribution in [3.63, 3.8) is 0 Å². The molecule has 0 atom stereocenters. The third kappa shape index (κ3) is 24.4. The van der Waals surface area contributed by atoms with E-state index < -0.39 is 0 Å². The Labute approximate surface area is 543 Å². The fourth-order valence-electron chi connectivity index (χ4n) is 10.3. The van der Waals surface area contributed by atoms with E-state index in [1.807, 2.05) is 79.8 Å². The Bertz CT molecular complexity index is 3410. The summed E-state index contributed by atoms with van der Waals surface area (Å²) in [4.78, 5) is 29.3. The van der Waals surface area contributed by atoms with Crippen LogP contribution in [-0.4, -0.2) is 148 Å². The van der Waals surface area contributed by atoms with Crippen molar-refractivity contribution < 1.29 is 0 Å². The molecule has 19 nitrogen and oxygen atoms in total. The van der Waals surface area contributed by atoms with Gasteiger partial charge >= 0.3 is 0 Å². The lowest BCUT2D eigenvalue weighted by Gasteiger charge is -2.19. The van der Waals surface area contributed by atoms with Crippen LogP contribution in [0.2, 0.25) is 0 Å². The minimum absolute atomic E-state index is 0.424. The minimum Gasteiger partial charge on any atom is -0.366 e. The van der Waals surface area contributed by atoms with E-state index in [-0.39, 0.29) is 0 Å². The molecule has 0 saturated carbocycles. The predicted octanol–water partition coefficient (Wildman–Crippen LogP) is 14.2. The molecule has 0 aliphatic rings. The Kier molecular flexibility index (Phi) is 30.7. The van der Waals surface area contributed by atoms with Gasteiger partial charge in [-0.1, -0.05) is 92.1 Å². The lowest BCUT2D eigenvalue weighted by Crippen LogP contribution is -2.20. The van der Waals surface area contributed by atoms with Gasteiger partial charge in [0.2, 0.25) is 0 Å². The van der Waals surface area contributed by atoms with Crippen LogP contribution < -0.4 is 10.2 Å². The van der Waals surface area contributed by atoms with Crippen LogP contribution in [0.4, 0.5) is 11.6 Å². The summed E-state index contributed by atoms with van der Waals surface area (Å²) in [6.07, 6.45) is 24.4. The van der Waals surface area contributed by atoms with E-state index in [0.29, 0.717) is 11.6 Å². The molecule has 486 valence electrons. The Morgan fingerprint density at radius 3 is 1.27 bits per heavy atom. The number of nitrogens with zero attached hydrogens (tertiary/aromatic N) is 14. The molecule has 0 aliphatic heterocycles. The number of rotatable bonds is 31. The maximum Gasteiger partial charge on any atom is 0.140 e. The van der Waals surface area contributed by atoms with Crippen molar-refractivity contribution in [1.29, 1.82) is 5.26 Å². The molecular weight excluding hydrogens is 1130 g/mol. The highest BCUT2D eigenvalue weighted by molar-refractivity contribution is 5.65. The van der Waals surface area contributed by atoms with Crippen LogP contribution in [0.3, 0.4) is 0 Å². The summed E-state index contributed by atoms with van der Waals surface area (Å²) in [6.45, 7) is 27.5. The quantitative estimate of drug-likeness (QED) is 0.0273. The molecule has 8 heterocycles. The van der Waals surface area contributed by atoms with E-state index in [9.17, 15) is 0 Å². The smallest absolute Gasteiger partial charge is 0.140 e. The second-order valence-corrected chi connectivity index (χ2v) is 24.7. The summed E-state index contributed by atoms with van der Waals surface area (Å²) in [5.74, 6) is 3.32. The van der Waals surface area contributed by atoms with Crippen molar-refractivity contribution in [2.45, 2.75) is 139 Å². The van der Waals surface area contributed by atoms with Gasteiger partial charge in [0, 0.05) is 121 Å². The summed E-state index contributed by atoms with van der Waals surface area (Å²) < 4.78 is 0. The zero-order valence-electron chi connectivity index (χ0n) is 56.8. The maximum absolute atomic E-state index is 8.75. The Morgan fingerprint density at radius 2 is 0.890 bits per heavy atom. The van der Waals surface area contributed by atoms with E-state index in [0.717, 1.165) is 159 Å². The number of aryl methyl sites for hydroxylation is 1. The molecule has 0 amide bonds. The van der Waals surface area contributed by atoms with Gasteiger partial charge in [0.05, 0.1) is 47.6 Å². The number of benzene rings is 1. The van der Waals surface area contributed by atoms with Crippen LogP contribution in [0.1, 0.15) is 140 Å². The Hall–Kier alpha value is -8.41. The molecule has 9 rings (SSSR count). The average molecular weight is 1230 g/mol. The fourth-order valence-corrected chi connectivity index (χ4v) is 10.3. The molecule has 9 aromatic rings. The highest BCUT2D eigenvalue weighted by Crippen LogP contribution is 2.27. The molecule has 0 unspecified atom stereocenters. The summed E-state index contributed by atoms with van der Waals surface area (Å²) in [6, 6.07) is 28.6. The number of aromatic nitrogens is 12. The lowest BCUT2D eigenvalue weighted by atomic mass is 10.0. The highest BCUT2D eigenvalue weighted by atomic mass is 15.2. The number of anilines is 2. The van der Waals surface area contributed by atoms with Gasteiger partial charge < -0.3 is 29.8 Å². The number of nitrogens with one attached hydrogen (secondary N) is 5. The first-order valence-electron chi connectivity index (χ1n) is 32.7.